The molecule has 0 amide bonds. The summed E-state index contributed by atoms with van der Waals surface area (Å²) < 4.78 is 5.66. The zero-order chi connectivity index (χ0) is 26.4. The van der Waals surface area contributed by atoms with Gasteiger partial charge >= 0.3 is 0 Å². The van der Waals surface area contributed by atoms with Gasteiger partial charge in [-0.3, -0.25) is 5.41 Å². The van der Waals surface area contributed by atoms with Crippen molar-refractivity contribution < 1.29 is 0 Å². The molecule has 0 unspecified atom stereocenters. The van der Waals surface area contributed by atoms with Gasteiger partial charge in [0, 0.05) is 47.2 Å². The molecule has 6 nitrogen and oxygen atoms in total. The number of hydrogen-bond acceptors (Lipinski definition) is 5. The Morgan fingerprint density at radius 3 is 2.43 bits per heavy atom. The molecule has 0 aliphatic heterocycles. The highest BCUT2D eigenvalue weighted by atomic mass is 79.9. The van der Waals surface area contributed by atoms with Crippen LogP contribution < -0.4 is 10.0 Å². The van der Waals surface area contributed by atoms with E-state index in [-0.39, 0.29) is 5.84 Å². The van der Waals surface area contributed by atoms with E-state index < -0.39 is 0 Å². The van der Waals surface area contributed by atoms with Crippen molar-refractivity contribution in [3.8, 4) is 0 Å². The van der Waals surface area contributed by atoms with Crippen molar-refractivity contribution in [2.24, 2.45) is 12.8 Å². The quantitative estimate of drug-likeness (QED) is 0.118. The van der Waals surface area contributed by atoms with Gasteiger partial charge in [0.25, 0.3) is 0 Å². The predicted molar refractivity (Wildman–Crippen MR) is 161 cm³/mol. The first-order valence-corrected chi connectivity index (χ1v) is 14.3. The average Bonchev–Trinajstić information content (AvgIpc) is 3.22. The Kier molecular flexibility index (Phi) is 9.29. The number of benzene rings is 3. The molecule has 1 heterocycles. The molecule has 0 aliphatic carbocycles. The molecule has 3 N–H and O–H groups in total. The Bertz CT molecular complexity index is 1350. The second kappa shape index (κ2) is 12.6. The maximum atomic E-state index is 7.57. The molecule has 194 valence electrons. The molecular formula is C29H35BrN6S. The van der Waals surface area contributed by atoms with Crippen molar-refractivity contribution >= 4 is 50.4 Å². The summed E-state index contributed by atoms with van der Waals surface area (Å²) in [5, 5.41) is 7.57. The number of rotatable bonds is 12. The van der Waals surface area contributed by atoms with Crippen molar-refractivity contribution in [2.75, 3.05) is 30.5 Å². The van der Waals surface area contributed by atoms with Crippen LogP contribution >= 0.6 is 27.9 Å². The van der Waals surface area contributed by atoms with Gasteiger partial charge in [-0.1, -0.05) is 60.1 Å². The first-order valence-electron chi connectivity index (χ1n) is 12.7. The van der Waals surface area contributed by atoms with E-state index in [1.807, 2.05) is 24.3 Å². The minimum Gasteiger partial charge on any atom is -0.384 e. The molecule has 0 aliphatic rings. The zero-order valence-corrected chi connectivity index (χ0v) is 24.1. The largest absolute Gasteiger partial charge is 0.384 e. The van der Waals surface area contributed by atoms with Crippen LogP contribution in [0.15, 0.2) is 76.1 Å². The summed E-state index contributed by atoms with van der Waals surface area (Å²) in [5.41, 5.74) is 10.9. The lowest BCUT2D eigenvalue weighted by atomic mass is 10.1. The molecule has 3 aromatic carbocycles. The van der Waals surface area contributed by atoms with E-state index in [2.05, 4.69) is 93.1 Å². The van der Waals surface area contributed by atoms with Crippen LogP contribution in [0.25, 0.3) is 11.0 Å². The predicted octanol–water partition coefficient (Wildman–Crippen LogP) is 6.26. The maximum absolute atomic E-state index is 7.57. The number of amidine groups is 1. The van der Waals surface area contributed by atoms with Gasteiger partial charge in [0.2, 0.25) is 0 Å². The lowest BCUT2D eigenvalue weighted by Crippen LogP contribution is -2.32. The van der Waals surface area contributed by atoms with Crippen LogP contribution in [0.3, 0.4) is 0 Å². The molecule has 0 bridgehead atoms. The smallest absolute Gasteiger partial charge is 0.122 e. The third kappa shape index (κ3) is 6.94. The topological polar surface area (TPSA) is 74.2 Å². The maximum Gasteiger partial charge on any atom is 0.122 e. The van der Waals surface area contributed by atoms with Crippen LogP contribution in [0.5, 0.6) is 0 Å². The van der Waals surface area contributed by atoms with Crippen molar-refractivity contribution in [3.05, 3.63) is 88.2 Å². The summed E-state index contributed by atoms with van der Waals surface area (Å²) in [6.07, 6.45) is 1.73. The number of hydrogen-bond donors (Lipinski definition) is 2. The Labute approximate surface area is 232 Å². The van der Waals surface area contributed by atoms with E-state index in [4.69, 9.17) is 16.1 Å². The van der Waals surface area contributed by atoms with E-state index in [0.717, 1.165) is 71.6 Å². The zero-order valence-electron chi connectivity index (χ0n) is 21.7. The van der Waals surface area contributed by atoms with Gasteiger partial charge in [-0.2, -0.15) is 0 Å². The molecule has 0 saturated heterocycles. The van der Waals surface area contributed by atoms with Crippen LogP contribution in [-0.4, -0.2) is 46.5 Å². The monoisotopic (exact) mass is 578 g/mol. The van der Waals surface area contributed by atoms with Crippen LogP contribution in [0.4, 0.5) is 5.69 Å². The van der Waals surface area contributed by atoms with E-state index in [1.165, 1.54) is 10.5 Å². The first-order chi connectivity index (χ1) is 17.9. The second-order valence-electron chi connectivity index (χ2n) is 9.05. The number of aromatic nitrogens is 2. The highest BCUT2D eigenvalue weighted by Crippen LogP contribution is 2.32. The molecule has 0 saturated carbocycles. The number of imidazole rings is 1. The van der Waals surface area contributed by atoms with E-state index in [9.17, 15) is 0 Å². The SMILES string of the molecule is CCN(CC)CCN(Sc1cccc(Br)c1)c1ccc2c(c1)nc(CCc1ccc(C(=N)N)cc1)n2C. The lowest BCUT2D eigenvalue weighted by molar-refractivity contribution is 0.313. The van der Waals surface area contributed by atoms with E-state index >= 15 is 0 Å². The van der Waals surface area contributed by atoms with Crippen LogP contribution in [0, 0.1) is 5.41 Å². The minimum atomic E-state index is 0.0990. The summed E-state index contributed by atoms with van der Waals surface area (Å²) in [6.45, 7) is 8.45. The van der Waals surface area contributed by atoms with Gasteiger partial charge in [0.1, 0.15) is 11.7 Å². The highest BCUT2D eigenvalue weighted by Gasteiger charge is 2.15. The fourth-order valence-corrected chi connectivity index (χ4v) is 5.89. The molecule has 0 atom stereocenters. The number of nitrogens with zero attached hydrogens (tertiary/aromatic N) is 4. The number of halogens is 1. The molecule has 1 aromatic heterocycles. The standard InChI is InChI=1S/C29H35BrN6S/c1-4-35(5-2)17-18-36(37-25-8-6-7-23(30)19-25)24-14-15-27-26(20-24)33-28(34(27)3)16-11-21-9-12-22(13-10-21)29(31)32/h6-10,12-15,19-20H,4-5,11,16-18H2,1-3H3,(H3,31,32). The molecular weight excluding hydrogens is 544 g/mol. The van der Waals surface area contributed by atoms with Crippen LogP contribution in [0.2, 0.25) is 0 Å². The van der Waals surface area contributed by atoms with Gasteiger partial charge in [-0.25, -0.2) is 4.98 Å². The number of likely N-dealkylation sites (N-methyl/N-ethyl adjacent to an activating group) is 1. The number of nitrogens with one attached hydrogen (secondary N) is 1. The third-order valence-corrected chi connectivity index (χ3v) is 8.24. The minimum absolute atomic E-state index is 0.0990. The Morgan fingerprint density at radius 2 is 1.76 bits per heavy atom. The number of anilines is 1. The molecule has 37 heavy (non-hydrogen) atoms. The van der Waals surface area contributed by atoms with Gasteiger partial charge in [-0.15, -0.1) is 0 Å². The van der Waals surface area contributed by atoms with Crippen molar-refractivity contribution in [1.82, 2.24) is 14.5 Å². The highest BCUT2D eigenvalue weighted by molar-refractivity contribution is 9.10. The number of nitrogens with two attached hydrogens (primary N) is 1. The Hall–Kier alpha value is -2.81. The molecule has 0 radical (unpaired) electrons. The van der Waals surface area contributed by atoms with Gasteiger partial charge in [0.05, 0.1) is 11.0 Å². The van der Waals surface area contributed by atoms with Gasteiger partial charge in [-0.05, 0) is 73.4 Å². The van der Waals surface area contributed by atoms with Crippen LogP contribution in [0.1, 0.15) is 30.8 Å². The fraction of sp³-hybridized carbons (Fsp3) is 0.310. The van der Waals surface area contributed by atoms with E-state index in [0.29, 0.717) is 0 Å². The van der Waals surface area contributed by atoms with Gasteiger partial charge in [0.15, 0.2) is 0 Å². The third-order valence-electron chi connectivity index (χ3n) is 6.67. The summed E-state index contributed by atoms with van der Waals surface area (Å²) in [5.74, 6) is 1.17. The average molecular weight is 580 g/mol. The molecule has 0 spiro atoms. The second-order valence-corrected chi connectivity index (χ2v) is 11.1. The lowest BCUT2D eigenvalue weighted by Gasteiger charge is -2.27. The number of fused-ring (bicyclic) bond motifs is 1. The first kappa shape index (κ1) is 27.2. The summed E-state index contributed by atoms with van der Waals surface area (Å²) >= 11 is 5.38. The van der Waals surface area contributed by atoms with Crippen molar-refractivity contribution in [2.45, 2.75) is 31.6 Å². The molecule has 4 aromatic rings. The number of nitrogen functional groups attached to an aromatic ring is 1. The molecule has 8 heteroatoms. The molecule has 0 fully saturated rings. The molecule has 4 rings (SSSR count). The number of aryl methyl sites for hydroxylation is 3. The Balaban J connectivity index is 1.55. The normalized spacial score (nSPS) is 11.4. The van der Waals surface area contributed by atoms with Crippen molar-refractivity contribution in [1.29, 1.82) is 5.41 Å². The summed E-state index contributed by atoms with van der Waals surface area (Å²) in [4.78, 5) is 8.67. The van der Waals surface area contributed by atoms with E-state index in [1.54, 1.807) is 11.9 Å². The van der Waals surface area contributed by atoms with Crippen LogP contribution in [-0.2, 0) is 19.9 Å². The van der Waals surface area contributed by atoms with Gasteiger partial charge < -0.3 is 19.5 Å². The fourth-order valence-electron chi connectivity index (χ4n) is 4.37. The summed E-state index contributed by atoms with van der Waals surface area (Å²) in [7, 11) is 2.09. The van der Waals surface area contributed by atoms with Crippen molar-refractivity contribution in [3.63, 3.8) is 0 Å². The summed E-state index contributed by atoms with van der Waals surface area (Å²) in [6, 6.07) is 23.0. The Morgan fingerprint density at radius 1 is 1.00 bits per heavy atom.